The van der Waals surface area contributed by atoms with Crippen molar-refractivity contribution in [3.8, 4) is 0 Å². The molecule has 0 saturated carbocycles. The summed E-state index contributed by atoms with van der Waals surface area (Å²) in [5, 5.41) is 11.4. The fraction of sp³-hybridized carbons (Fsp3) is 1.00. The maximum atomic E-state index is 12.7. The van der Waals surface area contributed by atoms with Crippen LogP contribution in [0.2, 0.25) is 0 Å². The van der Waals surface area contributed by atoms with Gasteiger partial charge in [-0.3, -0.25) is 4.90 Å². The Morgan fingerprint density at radius 2 is 2.13 bits per heavy atom. The van der Waals surface area contributed by atoms with Crippen LogP contribution in [0.5, 0.6) is 0 Å². The van der Waals surface area contributed by atoms with E-state index in [-0.39, 0.29) is 13.2 Å². The predicted octanol–water partition coefficient (Wildman–Crippen LogP) is 0.595. The highest BCUT2D eigenvalue weighted by Crippen LogP contribution is 2.25. The third-order valence-electron chi connectivity index (χ3n) is 2.56. The Hall–Kier alpha value is -0.330. The van der Waals surface area contributed by atoms with E-state index in [2.05, 4.69) is 5.32 Å². The lowest BCUT2D eigenvalue weighted by molar-refractivity contribution is -0.181. The fourth-order valence-corrected chi connectivity index (χ4v) is 1.80. The molecular formula is C9H17F3N2O. The number of hydrogen-bond acceptors (Lipinski definition) is 3. The fourth-order valence-electron chi connectivity index (χ4n) is 1.80. The van der Waals surface area contributed by atoms with E-state index in [9.17, 15) is 13.2 Å². The Kier molecular flexibility index (Phi) is 4.82. The van der Waals surface area contributed by atoms with Crippen LogP contribution in [-0.4, -0.2) is 55.0 Å². The zero-order valence-electron chi connectivity index (χ0n) is 8.56. The molecule has 90 valence electrons. The molecule has 0 aromatic heterocycles. The van der Waals surface area contributed by atoms with Gasteiger partial charge in [0, 0.05) is 26.2 Å². The van der Waals surface area contributed by atoms with E-state index in [4.69, 9.17) is 5.11 Å². The van der Waals surface area contributed by atoms with Crippen LogP contribution in [0.3, 0.4) is 0 Å². The number of alkyl halides is 3. The minimum Gasteiger partial charge on any atom is -0.396 e. The predicted molar refractivity (Wildman–Crippen MR) is 50.6 cm³/mol. The first-order chi connectivity index (χ1) is 7.05. The average Bonchev–Trinajstić information content (AvgIpc) is 2.38. The lowest BCUT2D eigenvalue weighted by atomic mass is 10.2. The Bertz CT molecular complexity index is 187. The van der Waals surface area contributed by atoms with Gasteiger partial charge in [-0.25, -0.2) is 0 Å². The highest BCUT2D eigenvalue weighted by Gasteiger charge is 2.43. The molecule has 0 amide bonds. The van der Waals surface area contributed by atoms with Gasteiger partial charge < -0.3 is 10.4 Å². The summed E-state index contributed by atoms with van der Waals surface area (Å²) in [6, 6.07) is -1.41. The lowest BCUT2D eigenvalue weighted by Crippen LogP contribution is -2.50. The second kappa shape index (κ2) is 5.67. The monoisotopic (exact) mass is 226 g/mol. The summed E-state index contributed by atoms with van der Waals surface area (Å²) in [5.41, 5.74) is 0. The van der Waals surface area contributed by atoms with Gasteiger partial charge in [0.25, 0.3) is 0 Å². The molecule has 1 atom stereocenters. The molecule has 1 unspecified atom stereocenters. The second-order valence-corrected chi connectivity index (χ2v) is 3.73. The molecule has 0 spiro atoms. The van der Waals surface area contributed by atoms with Crippen molar-refractivity contribution < 1.29 is 18.3 Å². The number of nitrogens with one attached hydrogen (secondary N) is 1. The summed E-state index contributed by atoms with van der Waals surface area (Å²) >= 11 is 0. The van der Waals surface area contributed by atoms with Crippen LogP contribution < -0.4 is 5.32 Å². The van der Waals surface area contributed by atoms with Crippen molar-refractivity contribution in [2.45, 2.75) is 25.1 Å². The van der Waals surface area contributed by atoms with Gasteiger partial charge >= 0.3 is 6.18 Å². The first-order valence-corrected chi connectivity index (χ1v) is 5.18. The van der Waals surface area contributed by atoms with Crippen LogP contribution in [0.1, 0.15) is 12.8 Å². The van der Waals surface area contributed by atoms with Gasteiger partial charge in [-0.05, 0) is 19.4 Å². The van der Waals surface area contributed by atoms with Crippen molar-refractivity contribution in [2.24, 2.45) is 0 Å². The van der Waals surface area contributed by atoms with Crippen LogP contribution in [0, 0.1) is 0 Å². The van der Waals surface area contributed by atoms with E-state index >= 15 is 0 Å². The van der Waals surface area contributed by atoms with Gasteiger partial charge in [0.05, 0.1) is 0 Å². The van der Waals surface area contributed by atoms with E-state index in [1.807, 2.05) is 0 Å². The third-order valence-corrected chi connectivity index (χ3v) is 2.56. The van der Waals surface area contributed by atoms with Crippen molar-refractivity contribution in [1.29, 1.82) is 0 Å². The number of hydrogen-bond donors (Lipinski definition) is 2. The maximum absolute atomic E-state index is 12.7. The van der Waals surface area contributed by atoms with Crippen LogP contribution in [0.25, 0.3) is 0 Å². The van der Waals surface area contributed by atoms with E-state index in [1.54, 1.807) is 0 Å². The summed E-state index contributed by atoms with van der Waals surface area (Å²) < 4.78 is 38.0. The molecule has 1 heterocycles. The molecule has 0 aromatic carbocycles. The number of aliphatic hydroxyl groups is 1. The topological polar surface area (TPSA) is 35.5 Å². The van der Waals surface area contributed by atoms with Gasteiger partial charge in [0.15, 0.2) is 0 Å². The van der Waals surface area contributed by atoms with Crippen molar-refractivity contribution in [2.75, 3.05) is 32.8 Å². The van der Waals surface area contributed by atoms with Crippen molar-refractivity contribution in [3.05, 3.63) is 0 Å². The zero-order valence-corrected chi connectivity index (χ0v) is 8.56. The van der Waals surface area contributed by atoms with Gasteiger partial charge in [-0.15, -0.1) is 0 Å². The van der Waals surface area contributed by atoms with Crippen LogP contribution >= 0.6 is 0 Å². The molecule has 2 N–H and O–H groups in total. The molecule has 0 aromatic rings. The normalized spacial score (nSPS) is 25.2. The molecule has 1 aliphatic rings. The lowest BCUT2D eigenvalue weighted by Gasteiger charge is -2.30. The standard InChI is InChI=1S/C9H17F3N2O/c10-9(11,12)8-7-13-3-1-4-14(8)5-2-6-15/h8,13,15H,1-7H2. The van der Waals surface area contributed by atoms with Gasteiger partial charge in [-0.2, -0.15) is 13.2 Å². The molecule has 6 heteroatoms. The number of halogens is 3. The van der Waals surface area contributed by atoms with Crippen molar-refractivity contribution in [1.82, 2.24) is 10.2 Å². The van der Waals surface area contributed by atoms with E-state index in [0.717, 1.165) is 6.42 Å². The molecule has 1 saturated heterocycles. The van der Waals surface area contributed by atoms with Gasteiger partial charge in [0.2, 0.25) is 0 Å². The summed E-state index contributed by atoms with van der Waals surface area (Å²) in [6.45, 7) is 1.27. The number of aliphatic hydroxyl groups excluding tert-OH is 1. The SMILES string of the molecule is OCCCN1CCCNCC1C(F)(F)F. The molecule has 0 radical (unpaired) electrons. The van der Waals surface area contributed by atoms with Crippen molar-refractivity contribution in [3.63, 3.8) is 0 Å². The summed E-state index contributed by atoms with van der Waals surface area (Å²) in [5.74, 6) is 0. The molecule has 0 aliphatic carbocycles. The molecule has 15 heavy (non-hydrogen) atoms. The Balaban J connectivity index is 2.59. The number of rotatable bonds is 3. The quantitative estimate of drug-likeness (QED) is 0.739. The largest absolute Gasteiger partial charge is 0.405 e. The van der Waals surface area contributed by atoms with Crippen LogP contribution in [-0.2, 0) is 0 Å². The minimum absolute atomic E-state index is 0.0467. The number of nitrogens with zero attached hydrogens (tertiary/aromatic N) is 1. The maximum Gasteiger partial charge on any atom is 0.405 e. The first-order valence-electron chi connectivity index (χ1n) is 5.18. The highest BCUT2D eigenvalue weighted by molar-refractivity contribution is 4.83. The highest BCUT2D eigenvalue weighted by atomic mass is 19.4. The van der Waals surface area contributed by atoms with E-state index in [0.29, 0.717) is 26.1 Å². The molecule has 0 bridgehead atoms. The molecule has 1 fully saturated rings. The molecule has 3 nitrogen and oxygen atoms in total. The van der Waals surface area contributed by atoms with E-state index < -0.39 is 12.2 Å². The Morgan fingerprint density at radius 3 is 2.73 bits per heavy atom. The molecular weight excluding hydrogens is 209 g/mol. The van der Waals surface area contributed by atoms with Gasteiger partial charge in [0.1, 0.15) is 6.04 Å². The molecule has 1 aliphatic heterocycles. The Labute approximate surface area is 87.3 Å². The average molecular weight is 226 g/mol. The summed E-state index contributed by atoms with van der Waals surface area (Å²) in [6.07, 6.45) is -3.07. The molecule has 1 rings (SSSR count). The van der Waals surface area contributed by atoms with Crippen LogP contribution in [0.15, 0.2) is 0 Å². The third kappa shape index (κ3) is 3.96. The summed E-state index contributed by atoms with van der Waals surface area (Å²) in [7, 11) is 0. The van der Waals surface area contributed by atoms with Crippen molar-refractivity contribution >= 4 is 0 Å². The zero-order chi connectivity index (χ0) is 11.3. The first kappa shape index (κ1) is 12.7. The second-order valence-electron chi connectivity index (χ2n) is 3.73. The van der Waals surface area contributed by atoms with Crippen LogP contribution in [0.4, 0.5) is 13.2 Å². The summed E-state index contributed by atoms with van der Waals surface area (Å²) in [4.78, 5) is 1.41. The minimum atomic E-state index is -4.19. The van der Waals surface area contributed by atoms with E-state index in [1.165, 1.54) is 4.90 Å². The van der Waals surface area contributed by atoms with Gasteiger partial charge in [-0.1, -0.05) is 0 Å². The smallest absolute Gasteiger partial charge is 0.396 e. The Morgan fingerprint density at radius 1 is 1.40 bits per heavy atom.